The smallest absolute Gasteiger partial charge is 0.0570 e. The Kier molecular flexibility index (Phi) is 4.99. The second kappa shape index (κ2) is 6.75. The summed E-state index contributed by atoms with van der Waals surface area (Å²) in [7, 11) is 0. The number of nitrogens with one attached hydrogen (secondary N) is 1. The van der Waals surface area contributed by atoms with Crippen molar-refractivity contribution in [3.8, 4) is 0 Å². The van der Waals surface area contributed by atoms with Crippen LogP contribution in [0, 0.1) is 12.8 Å². The maximum Gasteiger partial charge on any atom is 0.0570 e. The Hall–Kier alpha value is -0.890. The van der Waals surface area contributed by atoms with Gasteiger partial charge in [0.2, 0.25) is 0 Å². The van der Waals surface area contributed by atoms with Gasteiger partial charge >= 0.3 is 0 Å². The lowest BCUT2D eigenvalue weighted by atomic mass is 9.87. The van der Waals surface area contributed by atoms with Crippen LogP contribution in [0.4, 0.5) is 0 Å². The Morgan fingerprint density at radius 2 is 2.12 bits per heavy atom. The molecular formula is C15H24N2. The maximum absolute atomic E-state index is 4.40. The third-order valence-corrected chi connectivity index (χ3v) is 3.86. The molecule has 1 aromatic rings. The molecule has 1 N–H and O–H groups in total. The summed E-state index contributed by atoms with van der Waals surface area (Å²) in [5, 5.41) is 3.53. The summed E-state index contributed by atoms with van der Waals surface area (Å²) in [6, 6.07) is 4.13. The number of hydrogen-bond acceptors (Lipinski definition) is 2. The van der Waals surface area contributed by atoms with Crippen molar-refractivity contribution >= 4 is 0 Å². The van der Waals surface area contributed by atoms with Gasteiger partial charge in [-0.2, -0.15) is 0 Å². The molecule has 2 nitrogen and oxygen atoms in total. The van der Waals surface area contributed by atoms with E-state index in [1.165, 1.54) is 49.8 Å². The normalized spacial score (nSPS) is 17.2. The van der Waals surface area contributed by atoms with Crippen LogP contribution < -0.4 is 5.32 Å². The first kappa shape index (κ1) is 12.6. The molecule has 1 aliphatic rings. The predicted molar refractivity (Wildman–Crippen MR) is 71.9 cm³/mol. The van der Waals surface area contributed by atoms with E-state index >= 15 is 0 Å². The highest BCUT2D eigenvalue weighted by molar-refractivity contribution is 5.17. The molecule has 0 unspecified atom stereocenters. The molecule has 0 amide bonds. The van der Waals surface area contributed by atoms with E-state index in [9.17, 15) is 0 Å². The van der Waals surface area contributed by atoms with E-state index in [0.29, 0.717) is 0 Å². The lowest BCUT2D eigenvalue weighted by Crippen LogP contribution is -2.20. The molecule has 0 aliphatic heterocycles. The fourth-order valence-electron chi connectivity index (χ4n) is 2.69. The van der Waals surface area contributed by atoms with Crippen molar-refractivity contribution in [3.05, 3.63) is 29.6 Å². The Morgan fingerprint density at radius 3 is 2.88 bits per heavy atom. The van der Waals surface area contributed by atoms with Crippen molar-refractivity contribution in [1.82, 2.24) is 10.3 Å². The molecule has 1 saturated carbocycles. The number of nitrogens with zero attached hydrogens (tertiary/aromatic N) is 1. The maximum atomic E-state index is 4.40. The molecule has 17 heavy (non-hydrogen) atoms. The summed E-state index contributed by atoms with van der Waals surface area (Å²) >= 11 is 0. The summed E-state index contributed by atoms with van der Waals surface area (Å²) in [6.07, 6.45) is 10.5. The Morgan fingerprint density at radius 1 is 1.29 bits per heavy atom. The third kappa shape index (κ3) is 4.12. The van der Waals surface area contributed by atoms with E-state index in [0.717, 1.165) is 19.0 Å². The first-order valence-electron chi connectivity index (χ1n) is 6.97. The second-order valence-corrected chi connectivity index (χ2v) is 5.24. The molecule has 0 aromatic carbocycles. The van der Waals surface area contributed by atoms with Gasteiger partial charge in [0, 0.05) is 12.7 Å². The molecule has 0 spiro atoms. The van der Waals surface area contributed by atoms with Crippen LogP contribution >= 0.6 is 0 Å². The van der Waals surface area contributed by atoms with Gasteiger partial charge in [-0.1, -0.05) is 38.2 Å². The lowest BCUT2D eigenvalue weighted by molar-refractivity contribution is 0.333. The van der Waals surface area contributed by atoms with Crippen LogP contribution in [0.25, 0.3) is 0 Å². The number of aromatic nitrogens is 1. The van der Waals surface area contributed by atoms with E-state index in [-0.39, 0.29) is 0 Å². The first-order chi connectivity index (χ1) is 8.36. The monoisotopic (exact) mass is 232 g/mol. The van der Waals surface area contributed by atoms with E-state index in [2.05, 4.69) is 23.3 Å². The highest BCUT2D eigenvalue weighted by Crippen LogP contribution is 2.25. The molecule has 1 heterocycles. The van der Waals surface area contributed by atoms with Gasteiger partial charge in [-0.05, 0) is 37.4 Å². The average Bonchev–Trinajstić information content (AvgIpc) is 2.38. The first-order valence-corrected chi connectivity index (χ1v) is 6.97. The van der Waals surface area contributed by atoms with Gasteiger partial charge in [0.1, 0.15) is 0 Å². The number of aryl methyl sites for hydroxylation is 1. The van der Waals surface area contributed by atoms with Crippen molar-refractivity contribution in [3.63, 3.8) is 0 Å². The van der Waals surface area contributed by atoms with Crippen LogP contribution in [0.15, 0.2) is 18.3 Å². The Labute approximate surface area is 105 Å². The molecule has 1 aromatic heterocycles. The van der Waals surface area contributed by atoms with Crippen molar-refractivity contribution < 1.29 is 0 Å². The topological polar surface area (TPSA) is 24.9 Å². The standard InChI is InChI=1S/C15H24N2/c1-13-6-5-10-17-15(13)12-16-11-9-14-7-3-2-4-8-14/h5-6,10,14,16H,2-4,7-9,11-12H2,1H3. The number of pyridine rings is 1. The van der Waals surface area contributed by atoms with Crippen molar-refractivity contribution in [2.45, 2.75) is 52.0 Å². The second-order valence-electron chi connectivity index (χ2n) is 5.24. The highest BCUT2D eigenvalue weighted by Gasteiger charge is 2.12. The quantitative estimate of drug-likeness (QED) is 0.787. The summed E-state index contributed by atoms with van der Waals surface area (Å²) < 4.78 is 0. The van der Waals surface area contributed by atoms with Crippen LogP contribution in [0.1, 0.15) is 49.8 Å². The van der Waals surface area contributed by atoms with Crippen LogP contribution in [-0.4, -0.2) is 11.5 Å². The summed E-state index contributed by atoms with van der Waals surface area (Å²) in [6.45, 7) is 4.19. The summed E-state index contributed by atoms with van der Waals surface area (Å²) in [4.78, 5) is 4.40. The fourth-order valence-corrected chi connectivity index (χ4v) is 2.69. The highest BCUT2D eigenvalue weighted by atomic mass is 14.9. The van der Waals surface area contributed by atoms with E-state index in [1.807, 2.05) is 12.3 Å². The lowest BCUT2D eigenvalue weighted by Gasteiger charge is -2.21. The van der Waals surface area contributed by atoms with Gasteiger partial charge in [0.15, 0.2) is 0 Å². The van der Waals surface area contributed by atoms with Crippen molar-refractivity contribution in [1.29, 1.82) is 0 Å². The SMILES string of the molecule is Cc1cccnc1CNCCC1CCCCC1. The minimum Gasteiger partial charge on any atom is -0.311 e. The summed E-state index contributed by atoms with van der Waals surface area (Å²) in [5.74, 6) is 0.973. The van der Waals surface area contributed by atoms with Crippen molar-refractivity contribution in [2.24, 2.45) is 5.92 Å². The van der Waals surface area contributed by atoms with Crippen LogP contribution in [0.3, 0.4) is 0 Å². The van der Waals surface area contributed by atoms with Crippen LogP contribution in [-0.2, 0) is 6.54 Å². The van der Waals surface area contributed by atoms with Crippen LogP contribution in [0.2, 0.25) is 0 Å². The molecule has 0 saturated heterocycles. The molecule has 0 atom stereocenters. The molecule has 0 radical (unpaired) electrons. The van der Waals surface area contributed by atoms with E-state index in [1.54, 1.807) is 0 Å². The minimum atomic E-state index is 0.916. The molecule has 2 heteroatoms. The molecular weight excluding hydrogens is 208 g/mol. The van der Waals surface area contributed by atoms with Crippen molar-refractivity contribution in [2.75, 3.05) is 6.54 Å². The molecule has 1 aliphatic carbocycles. The van der Waals surface area contributed by atoms with Gasteiger partial charge in [-0.25, -0.2) is 0 Å². The zero-order valence-corrected chi connectivity index (χ0v) is 10.9. The molecule has 2 rings (SSSR count). The van der Waals surface area contributed by atoms with Gasteiger partial charge in [0.25, 0.3) is 0 Å². The summed E-state index contributed by atoms with van der Waals surface area (Å²) in [5.41, 5.74) is 2.48. The molecule has 0 bridgehead atoms. The van der Waals surface area contributed by atoms with E-state index < -0.39 is 0 Å². The number of rotatable bonds is 5. The Bertz CT molecular complexity index is 329. The largest absolute Gasteiger partial charge is 0.311 e. The Balaban J connectivity index is 1.64. The fraction of sp³-hybridized carbons (Fsp3) is 0.667. The third-order valence-electron chi connectivity index (χ3n) is 3.86. The molecule has 94 valence electrons. The van der Waals surface area contributed by atoms with Gasteiger partial charge < -0.3 is 5.32 Å². The predicted octanol–water partition coefficient (Wildman–Crippen LogP) is 3.45. The van der Waals surface area contributed by atoms with Gasteiger partial charge in [-0.3, -0.25) is 4.98 Å². The zero-order valence-electron chi connectivity index (χ0n) is 10.9. The van der Waals surface area contributed by atoms with E-state index in [4.69, 9.17) is 0 Å². The van der Waals surface area contributed by atoms with Crippen LogP contribution in [0.5, 0.6) is 0 Å². The van der Waals surface area contributed by atoms with Gasteiger partial charge in [0.05, 0.1) is 5.69 Å². The zero-order chi connectivity index (χ0) is 11.9. The molecule has 1 fully saturated rings. The van der Waals surface area contributed by atoms with Gasteiger partial charge in [-0.15, -0.1) is 0 Å². The number of hydrogen-bond donors (Lipinski definition) is 1. The minimum absolute atomic E-state index is 0.916. The average molecular weight is 232 g/mol.